The molecule has 0 amide bonds. The number of aromatic nitrogens is 3. The average molecular weight is 271 g/mol. The molecule has 0 bridgehead atoms. The zero-order valence-corrected chi connectivity index (χ0v) is 11.5. The van der Waals surface area contributed by atoms with Crippen LogP contribution >= 0.6 is 12.2 Å². The van der Waals surface area contributed by atoms with Gasteiger partial charge in [-0.2, -0.15) is 0 Å². The first-order valence-corrected chi connectivity index (χ1v) is 6.51. The van der Waals surface area contributed by atoms with Crippen LogP contribution in [0.2, 0.25) is 0 Å². The van der Waals surface area contributed by atoms with Gasteiger partial charge in [-0.05, 0) is 30.3 Å². The quantitative estimate of drug-likeness (QED) is 0.714. The zero-order chi connectivity index (χ0) is 13.4. The Morgan fingerprint density at radius 1 is 1.26 bits per heavy atom. The lowest BCUT2D eigenvalue weighted by molar-refractivity contribution is 0.552. The smallest absolute Gasteiger partial charge is 0.284 e. The van der Waals surface area contributed by atoms with Crippen molar-refractivity contribution in [1.82, 2.24) is 15.2 Å². The second kappa shape index (κ2) is 4.59. The molecule has 0 atom stereocenters. The van der Waals surface area contributed by atoms with Crippen LogP contribution in [0, 0.1) is 4.84 Å². The Labute approximate surface area is 115 Å². The summed E-state index contributed by atoms with van der Waals surface area (Å²) in [6.07, 6.45) is 0. The number of hydrogen-bond donors (Lipinski definition) is 1. The maximum atomic E-state index is 5.43. The van der Waals surface area contributed by atoms with Gasteiger partial charge in [0.2, 0.25) is 5.89 Å². The maximum absolute atomic E-state index is 5.43. The summed E-state index contributed by atoms with van der Waals surface area (Å²) in [5, 5.41) is 7.78. The van der Waals surface area contributed by atoms with Gasteiger partial charge in [0.25, 0.3) is 4.84 Å². The summed E-state index contributed by atoms with van der Waals surface area (Å²) >= 11 is 4.94. The molecule has 0 fully saturated rings. The van der Waals surface area contributed by atoms with E-state index in [1.165, 1.54) is 0 Å². The first kappa shape index (κ1) is 12.0. The van der Waals surface area contributed by atoms with Gasteiger partial charge >= 0.3 is 0 Å². The van der Waals surface area contributed by atoms with Crippen LogP contribution in [0.25, 0.3) is 22.4 Å². The van der Waals surface area contributed by atoms with Gasteiger partial charge in [0.05, 0.1) is 5.52 Å². The minimum atomic E-state index is 0.280. The largest absolute Gasteiger partial charge is 0.409 e. The number of pyridine rings is 1. The Balaban J connectivity index is 2.35. The first-order chi connectivity index (χ1) is 9.15. The molecule has 0 aliphatic heterocycles. The summed E-state index contributed by atoms with van der Waals surface area (Å²) in [5.41, 5.74) is 2.87. The molecule has 0 aliphatic carbocycles. The molecule has 96 valence electrons. The van der Waals surface area contributed by atoms with Gasteiger partial charge in [-0.25, -0.2) is 5.10 Å². The lowest BCUT2D eigenvalue weighted by atomic mass is 10.0. The molecular formula is C14H13N3OS. The van der Waals surface area contributed by atoms with Crippen molar-refractivity contribution in [3.05, 3.63) is 40.9 Å². The van der Waals surface area contributed by atoms with Crippen LogP contribution in [0.4, 0.5) is 0 Å². The third-order valence-electron chi connectivity index (χ3n) is 3.00. The van der Waals surface area contributed by atoms with Crippen LogP contribution < -0.4 is 0 Å². The molecule has 3 aromatic rings. The molecular weight excluding hydrogens is 258 g/mol. The van der Waals surface area contributed by atoms with Crippen LogP contribution in [0.3, 0.4) is 0 Å². The van der Waals surface area contributed by atoms with Gasteiger partial charge in [-0.1, -0.05) is 32.0 Å². The Hall–Kier alpha value is -2.01. The van der Waals surface area contributed by atoms with E-state index in [4.69, 9.17) is 16.6 Å². The number of fused-ring (bicyclic) bond motifs is 1. The number of benzene rings is 1. The number of H-pyrrole nitrogens is 1. The summed E-state index contributed by atoms with van der Waals surface area (Å²) in [6.45, 7) is 4.22. The highest BCUT2D eigenvalue weighted by atomic mass is 32.1. The van der Waals surface area contributed by atoms with E-state index in [9.17, 15) is 0 Å². The molecule has 3 rings (SSSR count). The van der Waals surface area contributed by atoms with Crippen LogP contribution in [0.5, 0.6) is 0 Å². The second-order valence-corrected chi connectivity index (χ2v) is 5.06. The molecule has 0 unspecified atom stereocenters. The summed E-state index contributed by atoms with van der Waals surface area (Å²) < 4.78 is 5.43. The Morgan fingerprint density at radius 2 is 2.05 bits per heavy atom. The van der Waals surface area contributed by atoms with Crippen LogP contribution in [-0.4, -0.2) is 15.2 Å². The summed E-state index contributed by atoms with van der Waals surface area (Å²) in [7, 11) is 0. The fourth-order valence-corrected chi connectivity index (χ4v) is 2.14. The summed E-state index contributed by atoms with van der Waals surface area (Å²) in [5.74, 6) is 0.843. The van der Waals surface area contributed by atoms with Crippen molar-refractivity contribution in [2.45, 2.75) is 19.8 Å². The van der Waals surface area contributed by atoms with Gasteiger partial charge in [-0.15, -0.1) is 5.10 Å². The van der Waals surface area contributed by atoms with E-state index in [1.807, 2.05) is 30.3 Å². The predicted octanol–water partition coefficient (Wildman–Crippen LogP) is 4.07. The fourth-order valence-electron chi connectivity index (χ4n) is 2.01. The van der Waals surface area contributed by atoms with Gasteiger partial charge in [-0.3, -0.25) is 4.98 Å². The van der Waals surface area contributed by atoms with Crippen molar-refractivity contribution < 1.29 is 4.42 Å². The van der Waals surface area contributed by atoms with Crippen molar-refractivity contribution in [3.63, 3.8) is 0 Å². The lowest BCUT2D eigenvalue weighted by Gasteiger charge is -2.09. The molecule has 0 saturated carbocycles. The predicted molar refractivity (Wildman–Crippen MR) is 76.5 cm³/mol. The topological polar surface area (TPSA) is 54.7 Å². The standard InChI is InChI=1S/C14H13N3OS/c1-8(2)12-7-10(13-16-17-14(19)18-13)9-5-3-4-6-11(9)15-12/h3-8H,1-2H3,(H,17,19). The minimum absolute atomic E-state index is 0.280. The lowest BCUT2D eigenvalue weighted by Crippen LogP contribution is -1.95. The molecule has 0 saturated heterocycles. The van der Waals surface area contributed by atoms with Crippen LogP contribution in [0.1, 0.15) is 25.5 Å². The highest BCUT2D eigenvalue weighted by Crippen LogP contribution is 2.29. The third-order valence-corrected chi connectivity index (χ3v) is 3.17. The van der Waals surface area contributed by atoms with E-state index < -0.39 is 0 Å². The van der Waals surface area contributed by atoms with E-state index in [1.54, 1.807) is 0 Å². The minimum Gasteiger partial charge on any atom is -0.409 e. The Kier molecular flexibility index (Phi) is 2.91. The summed E-state index contributed by atoms with van der Waals surface area (Å²) in [6, 6.07) is 9.97. The van der Waals surface area contributed by atoms with Crippen molar-refractivity contribution >= 4 is 23.1 Å². The molecule has 1 N–H and O–H groups in total. The van der Waals surface area contributed by atoms with Crippen molar-refractivity contribution in [2.24, 2.45) is 0 Å². The molecule has 2 heterocycles. The molecule has 4 nitrogen and oxygen atoms in total. The molecule has 5 heteroatoms. The van der Waals surface area contributed by atoms with E-state index in [0.717, 1.165) is 22.2 Å². The Bertz CT molecular complexity index is 788. The number of rotatable bonds is 2. The molecule has 19 heavy (non-hydrogen) atoms. The van der Waals surface area contributed by atoms with Crippen molar-refractivity contribution in [2.75, 3.05) is 0 Å². The molecule has 0 aliphatic rings. The molecule has 0 spiro atoms. The first-order valence-electron chi connectivity index (χ1n) is 6.10. The molecule has 2 aromatic heterocycles. The average Bonchev–Trinajstić information content (AvgIpc) is 2.84. The number of aromatic amines is 1. The van der Waals surface area contributed by atoms with E-state index >= 15 is 0 Å². The van der Waals surface area contributed by atoms with Crippen LogP contribution in [-0.2, 0) is 0 Å². The zero-order valence-electron chi connectivity index (χ0n) is 10.7. The highest BCUT2D eigenvalue weighted by Gasteiger charge is 2.13. The normalized spacial score (nSPS) is 11.3. The highest BCUT2D eigenvalue weighted by molar-refractivity contribution is 7.71. The summed E-state index contributed by atoms with van der Waals surface area (Å²) in [4.78, 5) is 4.94. The maximum Gasteiger partial charge on any atom is 0.284 e. The number of nitrogens with one attached hydrogen (secondary N) is 1. The van der Waals surface area contributed by atoms with Gasteiger partial charge in [0, 0.05) is 16.6 Å². The van der Waals surface area contributed by atoms with Gasteiger partial charge in [0.15, 0.2) is 0 Å². The van der Waals surface area contributed by atoms with Crippen LogP contribution in [0.15, 0.2) is 34.7 Å². The second-order valence-electron chi connectivity index (χ2n) is 4.68. The fraction of sp³-hybridized carbons (Fsp3) is 0.214. The van der Waals surface area contributed by atoms with Gasteiger partial charge in [0.1, 0.15) is 0 Å². The van der Waals surface area contributed by atoms with Crippen molar-refractivity contribution in [3.8, 4) is 11.5 Å². The van der Waals surface area contributed by atoms with E-state index in [2.05, 4.69) is 29.0 Å². The van der Waals surface area contributed by atoms with E-state index in [-0.39, 0.29) is 4.84 Å². The SMILES string of the molecule is CC(C)c1cc(-c2n[nH]c(=S)o2)c2ccccc2n1. The van der Waals surface area contributed by atoms with E-state index in [0.29, 0.717) is 11.8 Å². The molecule has 1 aromatic carbocycles. The number of para-hydroxylation sites is 1. The number of hydrogen-bond acceptors (Lipinski definition) is 4. The monoisotopic (exact) mass is 271 g/mol. The molecule has 0 radical (unpaired) electrons. The third kappa shape index (κ3) is 2.17. The Morgan fingerprint density at radius 3 is 2.74 bits per heavy atom. The number of nitrogens with zero attached hydrogens (tertiary/aromatic N) is 2. The van der Waals surface area contributed by atoms with Crippen molar-refractivity contribution in [1.29, 1.82) is 0 Å². The van der Waals surface area contributed by atoms with Gasteiger partial charge < -0.3 is 4.42 Å².